The lowest BCUT2D eigenvalue weighted by atomic mass is 10.2. The molecule has 0 spiro atoms. The molecule has 0 aliphatic heterocycles. The summed E-state index contributed by atoms with van der Waals surface area (Å²) < 4.78 is 17.7. The van der Waals surface area contributed by atoms with Crippen molar-refractivity contribution in [3.05, 3.63) is 23.8 Å². The summed E-state index contributed by atoms with van der Waals surface area (Å²) in [7, 11) is -2.57. The van der Waals surface area contributed by atoms with Crippen LogP contribution in [-0.4, -0.2) is 29.7 Å². The van der Waals surface area contributed by atoms with Crippen molar-refractivity contribution in [2.24, 2.45) is 0 Å². The molecule has 0 radical (unpaired) electrons. The zero-order valence-corrected chi connectivity index (χ0v) is 20.4. The fourth-order valence-corrected chi connectivity index (χ4v) is 3.66. The molecule has 0 fully saturated rings. The van der Waals surface area contributed by atoms with Gasteiger partial charge in [0, 0.05) is 0 Å². The summed E-state index contributed by atoms with van der Waals surface area (Å²) >= 11 is 0. The fraction of sp³-hybridized carbons (Fsp3) is 0.650. The van der Waals surface area contributed by atoms with Crippen LogP contribution in [0.5, 0.6) is 11.5 Å². The van der Waals surface area contributed by atoms with Crippen LogP contribution in [0.3, 0.4) is 0 Å². The second-order valence-electron chi connectivity index (χ2n) is 9.88. The van der Waals surface area contributed by atoms with Gasteiger partial charge in [-0.05, 0) is 54.5 Å². The van der Waals surface area contributed by atoms with Gasteiger partial charge in [-0.15, -0.1) is 0 Å². The van der Waals surface area contributed by atoms with E-state index in [-0.39, 0.29) is 16.0 Å². The van der Waals surface area contributed by atoms with Crippen LogP contribution in [0.4, 0.5) is 0 Å². The van der Waals surface area contributed by atoms with E-state index in [9.17, 15) is 4.79 Å². The van der Waals surface area contributed by atoms with Gasteiger partial charge in [0.15, 0.2) is 5.75 Å². The molecule has 0 aliphatic carbocycles. The highest BCUT2D eigenvalue weighted by atomic mass is 28.4. The molecule has 0 aliphatic rings. The molecule has 0 unspecified atom stereocenters. The van der Waals surface area contributed by atoms with Gasteiger partial charge in [-0.3, -0.25) is 0 Å². The summed E-state index contributed by atoms with van der Waals surface area (Å²) in [4.78, 5) is 12.7. The molecule has 0 bridgehead atoms. The van der Waals surface area contributed by atoms with Crippen LogP contribution in [-0.2, 0) is 4.43 Å². The summed E-state index contributed by atoms with van der Waals surface area (Å²) in [5, 5.41) is 0.0517. The van der Waals surface area contributed by atoms with Crippen LogP contribution in [0.2, 0.25) is 36.3 Å². The van der Waals surface area contributed by atoms with Gasteiger partial charge in [-0.25, -0.2) is 4.79 Å². The molecule has 0 N–H and O–H groups in total. The van der Waals surface area contributed by atoms with Crippen molar-refractivity contribution in [3.8, 4) is 11.5 Å². The summed E-state index contributed by atoms with van der Waals surface area (Å²) in [6.07, 6.45) is 0. The topological polar surface area (TPSA) is 44.8 Å². The Kier molecular flexibility index (Phi) is 6.47. The molecule has 1 rings (SSSR count). The molecular formula is C20H36O4Si2. The van der Waals surface area contributed by atoms with Crippen molar-refractivity contribution >= 4 is 22.6 Å². The normalized spacial score (nSPS) is 13.3. The Bertz CT molecular complexity index is 653. The number of hydrogen-bond donors (Lipinski definition) is 0. The molecule has 0 aromatic heterocycles. The van der Waals surface area contributed by atoms with E-state index in [0.29, 0.717) is 17.1 Å². The van der Waals surface area contributed by atoms with E-state index in [1.165, 1.54) is 0 Å². The van der Waals surface area contributed by atoms with Gasteiger partial charge in [0.1, 0.15) is 5.75 Å². The minimum atomic E-state index is -2.17. The van der Waals surface area contributed by atoms with E-state index >= 15 is 0 Å². The maximum atomic E-state index is 12.7. The molecule has 26 heavy (non-hydrogen) atoms. The first-order valence-electron chi connectivity index (χ1n) is 9.12. The molecule has 0 saturated carbocycles. The number of hydrogen-bond acceptors (Lipinski definition) is 4. The maximum Gasteiger partial charge on any atom is 0.324 e. The lowest BCUT2D eigenvalue weighted by Crippen LogP contribution is -2.44. The minimum Gasteiger partial charge on any atom is -0.541 e. The Balaban J connectivity index is 3.11. The van der Waals surface area contributed by atoms with E-state index in [1.54, 1.807) is 19.2 Å². The maximum absolute atomic E-state index is 12.7. The SMILES string of the molecule is COc1cc(C(=O)O[Si](C)(C)C(C)(C)C)ccc1O[Si](C)(C)C(C)(C)C. The van der Waals surface area contributed by atoms with Crippen LogP contribution >= 0.6 is 0 Å². The van der Waals surface area contributed by atoms with Crippen LogP contribution in [0.1, 0.15) is 51.9 Å². The first-order valence-corrected chi connectivity index (χ1v) is 14.9. The molecule has 0 heterocycles. The number of rotatable bonds is 5. The molecule has 4 nitrogen and oxygen atoms in total. The standard InChI is InChI=1S/C20H36O4Si2/c1-19(2,3)25(8,9)23-16-13-12-15(14-17(16)22-7)18(21)24-26(10,11)20(4,5)6/h12-14H,1-11H3. The largest absolute Gasteiger partial charge is 0.541 e. The number of methoxy groups -OCH3 is 1. The number of ether oxygens (including phenoxy) is 1. The molecule has 0 amide bonds. The minimum absolute atomic E-state index is 0.0296. The number of carbonyl (C=O) groups excluding carboxylic acids is 1. The van der Waals surface area contributed by atoms with Crippen molar-refractivity contribution in [1.29, 1.82) is 0 Å². The van der Waals surface area contributed by atoms with Gasteiger partial charge in [-0.2, -0.15) is 0 Å². The van der Waals surface area contributed by atoms with Gasteiger partial charge < -0.3 is 13.6 Å². The predicted octanol–water partition coefficient (Wildman–Crippen LogP) is 6.24. The molecule has 1 aromatic carbocycles. The first-order chi connectivity index (χ1) is 11.5. The predicted molar refractivity (Wildman–Crippen MR) is 113 cm³/mol. The Morgan fingerprint density at radius 3 is 1.77 bits per heavy atom. The van der Waals surface area contributed by atoms with Gasteiger partial charge in [0.05, 0.1) is 12.7 Å². The highest BCUT2D eigenvalue weighted by Gasteiger charge is 2.41. The Hall–Kier alpha value is -1.28. The van der Waals surface area contributed by atoms with Crippen LogP contribution < -0.4 is 9.16 Å². The van der Waals surface area contributed by atoms with E-state index in [1.807, 2.05) is 6.07 Å². The second-order valence-corrected chi connectivity index (χ2v) is 19.3. The van der Waals surface area contributed by atoms with E-state index in [2.05, 4.69) is 67.7 Å². The monoisotopic (exact) mass is 396 g/mol. The summed E-state index contributed by atoms with van der Waals surface area (Å²) in [6, 6.07) is 5.31. The van der Waals surface area contributed by atoms with Gasteiger partial charge in [0.2, 0.25) is 0 Å². The van der Waals surface area contributed by atoms with Crippen molar-refractivity contribution in [3.63, 3.8) is 0 Å². The van der Waals surface area contributed by atoms with Gasteiger partial charge >= 0.3 is 5.97 Å². The first kappa shape index (κ1) is 22.8. The fourth-order valence-electron chi connectivity index (χ4n) is 1.75. The lowest BCUT2D eigenvalue weighted by molar-refractivity contribution is 0.0712. The number of carbonyl (C=O) groups is 1. The smallest absolute Gasteiger partial charge is 0.324 e. The van der Waals surface area contributed by atoms with E-state index in [0.717, 1.165) is 0 Å². The Morgan fingerprint density at radius 1 is 0.846 bits per heavy atom. The molecule has 6 heteroatoms. The van der Waals surface area contributed by atoms with Crippen LogP contribution in [0, 0.1) is 0 Å². The van der Waals surface area contributed by atoms with Crippen LogP contribution in [0.15, 0.2) is 18.2 Å². The zero-order chi connectivity index (χ0) is 20.6. The number of benzene rings is 1. The van der Waals surface area contributed by atoms with Gasteiger partial charge in [-0.1, -0.05) is 41.5 Å². The highest BCUT2D eigenvalue weighted by Crippen LogP contribution is 2.41. The summed E-state index contributed by atoms with van der Waals surface area (Å²) in [6.45, 7) is 21.4. The highest BCUT2D eigenvalue weighted by molar-refractivity contribution is 6.75. The molecular weight excluding hydrogens is 360 g/mol. The van der Waals surface area contributed by atoms with E-state index < -0.39 is 16.6 Å². The van der Waals surface area contributed by atoms with Crippen molar-refractivity contribution in [2.75, 3.05) is 7.11 Å². The lowest BCUT2D eigenvalue weighted by Gasteiger charge is -2.37. The molecule has 1 aromatic rings. The summed E-state index contributed by atoms with van der Waals surface area (Å²) in [5.74, 6) is 0.955. The van der Waals surface area contributed by atoms with Gasteiger partial charge in [0.25, 0.3) is 16.6 Å². The van der Waals surface area contributed by atoms with Crippen LogP contribution in [0.25, 0.3) is 0 Å². The Morgan fingerprint density at radius 2 is 1.35 bits per heavy atom. The third kappa shape index (κ3) is 5.13. The summed E-state index contributed by atoms with van der Waals surface area (Å²) in [5.41, 5.74) is 0.495. The molecule has 0 saturated heterocycles. The second kappa shape index (κ2) is 7.39. The van der Waals surface area contributed by atoms with Crippen molar-refractivity contribution in [1.82, 2.24) is 0 Å². The third-order valence-electron chi connectivity index (χ3n) is 5.72. The third-order valence-corrected chi connectivity index (χ3v) is 14.4. The average Bonchev–Trinajstić information content (AvgIpc) is 2.44. The average molecular weight is 397 g/mol. The zero-order valence-electron chi connectivity index (χ0n) is 18.4. The van der Waals surface area contributed by atoms with Crippen molar-refractivity contribution in [2.45, 2.75) is 77.8 Å². The van der Waals surface area contributed by atoms with E-state index in [4.69, 9.17) is 13.6 Å². The van der Waals surface area contributed by atoms with Crippen molar-refractivity contribution < 1.29 is 18.4 Å². The molecule has 148 valence electrons. The Labute approximate surface area is 161 Å². The molecule has 0 atom stereocenters. The quantitative estimate of drug-likeness (QED) is 0.552.